The first kappa shape index (κ1) is 17.0. The van der Waals surface area contributed by atoms with Crippen molar-refractivity contribution < 1.29 is 19.2 Å². The normalized spacial score (nSPS) is 23.4. The number of fused-ring (bicyclic) bond motifs is 1. The zero-order chi connectivity index (χ0) is 18.1. The van der Waals surface area contributed by atoms with Crippen LogP contribution < -0.4 is 0 Å². The molecule has 8 heteroatoms. The minimum atomic E-state index is -0.496. The van der Waals surface area contributed by atoms with E-state index in [2.05, 4.69) is 5.16 Å². The fourth-order valence-electron chi connectivity index (χ4n) is 3.57. The Kier molecular flexibility index (Phi) is 4.58. The van der Waals surface area contributed by atoms with Gasteiger partial charge in [0.1, 0.15) is 11.6 Å². The van der Waals surface area contributed by atoms with Crippen molar-refractivity contribution in [2.45, 2.75) is 24.9 Å². The molecule has 0 radical (unpaired) electrons. The van der Waals surface area contributed by atoms with Gasteiger partial charge >= 0.3 is 0 Å². The van der Waals surface area contributed by atoms with Gasteiger partial charge in [-0.1, -0.05) is 23.4 Å². The van der Waals surface area contributed by atoms with E-state index >= 15 is 0 Å². The third-order valence-corrected chi connectivity index (χ3v) is 5.91. The molecule has 3 heterocycles. The van der Waals surface area contributed by atoms with Gasteiger partial charge in [0.05, 0.1) is 18.1 Å². The van der Waals surface area contributed by atoms with Crippen LogP contribution in [0.4, 0.5) is 0 Å². The van der Waals surface area contributed by atoms with E-state index in [4.69, 9.17) is 9.62 Å². The van der Waals surface area contributed by atoms with E-state index in [1.165, 1.54) is 6.21 Å². The number of hydrogen-bond donors (Lipinski definition) is 1. The predicted octanol–water partition coefficient (Wildman–Crippen LogP) is 2.40. The molecular weight excluding hydrogens is 354 g/mol. The molecule has 0 aliphatic carbocycles. The minimum Gasteiger partial charge on any atom is -0.451 e. The lowest BCUT2D eigenvalue weighted by atomic mass is 10.1. The van der Waals surface area contributed by atoms with E-state index in [0.29, 0.717) is 30.2 Å². The van der Waals surface area contributed by atoms with Crippen LogP contribution in [0.5, 0.6) is 0 Å². The van der Waals surface area contributed by atoms with Gasteiger partial charge in [0.25, 0.3) is 5.91 Å². The predicted molar refractivity (Wildman–Crippen MR) is 98.5 cm³/mol. The lowest BCUT2D eigenvalue weighted by Crippen LogP contribution is -2.49. The highest BCUT2D eigenvalue weighted by Gasteiger charge is 2.40. The zero-order valence-corrected chi connectivity index (χ0v) is 14.9. The molecule has 1 N–H and O–H groups in total. The average molecular weight is 373 g/mol. The Morgan fingerprint density at radius 2 is 2.15 bits per heavy atom. The third-order valence-electron chi connectivity index (χ3n) is 4.88. The minimum absolute atomic E-state index is 0.0955. The molecule has 136 valence electrons. The standard InChI is InChI=1S/C18H19N3O4S/c22-17(21-11-26-10-13(21)9-19-24)14-5-3-7-20(14)18(23)16-8-12-4-1-2-6-15(12)25-16/h1-2,4,6,8-9,13-14,24H,3,5,7,10-11H2/t13-,14-/m1/s1. The van der Waals surface area contributed by atoms with E-state index in [9.17, 15) is 9.59 Å². The van der Waals surface area contributed by atoms with Crippen molar-refractivity contribution in [2.75, 3.05) is 18.2 Å². The van der Waals surface area contributed by atoms with Crippen LogP contribution in [0.15, 0.2) is 39.9 Å². The first-order valence-electron chi connectivity index (χ1n) is 8.54. The smallest absolute Gasteiger partial charge is 0.290 e. The highest BCUT2D eigenvalue weighted by atomic mass is 32.2. The Labute approximate surface area is 154 Å². The van der Waals surface area contributed by atoms with Crippen LogP contribution in [0.2, 0.25) is 0 Å². The molecule has 7 nitrogen and oxygen atoms in total. The van der Waals surface area contributed by atoms with Crippen LogP contribution in [0.3, 0.4) is 0 Å². The van der Waals surface area contributed by atoms with Gasteiger partial charge in [-0.2, -0.15) is 0 Å². The quantitative estimate of drug-likeness (QED) is 0.507. The molecule has 2 amide bonds. The third kappa shape index (κ3) is 2.94. The van der Waals surface area contributed by atoms with E-state index in [-0.39, 0.29) is 23.6 Å². The molecule has 2 aliphatic heterocycles. The fraction of sp³-hybridized carbons (Fsp3) is 0.389. The van der Waals surface area contributed by atoms with Crippen molar-refractivity contribution in [2.24, 2.45) is 5.16 Å². The Bertz CT molecular complexity index is 832. The number of carbonyl (C=O) groups is 2. The van der Waals surface area contributed by atoms with Crippen LogP contribution in [0, 0.1) is 0 Å². The van der Waals surface area contributed by atoms with Crippen molar-refractivity contribution in [1.82, 2.24) is 9.80 Å². The molecule has 2 fully saturated rings. The first-order chi connectivity index (χ1) is 12.7. The Hall–Kier alpha value is -2.48. The number of carbonyl (C=O) groups excluding carboxylic acids is 2. The number of para-hydroxylation sites is 1. The van der Waals surface area contributed by atoms with Crippen molar-refractivity contribution in [3.8, 4) is 0 Å². The maximum atomic E-state index is 13.0. The Morgan fingerprint density at radius 1 is 1.31 bits per heavy atom. The van der Waals surface area contributed by atoms with Gasteiger partial charge in [-0.15, -0.1) is 11.8 Å². The molecule has 2 aromatic rings. The second kappa shape index (κ2) is 7.03. The second-order valence-corrected chi connectivity index (χ2v) is 7.44. The van der Waals surface area contributed by atoms with Gasteiger partial charge in [-0.3, -0.25) is 9.59 Å². The van der Waals surface area contributed by atoms with E-state index in [0.717, 1.165) is 11.8 Å². The molecule has 26 heavy (non-hydrogen) atoms. The number of likely N-dealkylation sites (tertiary alicyclic amines) is 1. The summed E-state index contributed by atoms with van der Waals surface area (Å²) in [5, 5.41) is 12.7. The average Bonchev–Trinajstić information content (AvgIpc) is 3.39. The second-order valence-electron chi connectivity index (χ2n) is 6.44. The molecule has 2 aliphatic rings. The molecule has 2 atom stereocenters. The molecule has 0 saturated carbocycles. The van der Waals surface area contributed by atoms with E-state index < -0.39 is 6.04 Å². The van der Waals surface area contributed by atoms with Crippen LogP contribution in [-0.2, 0) is 4.79 Å². The SMILES string of the molecule is O=C([C@H]1CCCN1C(=O)c1cc2ccccc2o1)N1CSC[C@H]1C=NO. The topological polar surface area (TPSA) is 86.4 Å². The summed E-state index contributed by atoms with van der Waals surface area (Å²) >= 11 is 1.61. The lowest BCUT2D eigenvalue weighted by Gasteiger charge is -2.29. The zero-order valence-electron chi connectivity index (χ0n) is 14.1. The Morgan fingerprint density at radius 3 is 2.96 bits per heavy atom. The monoisotopic (exact) mass is 373 g/mol. The van der Waals surface area contributed by atoms with Crippen molar-refractivity contribution in [1.29, 1.82) is 0 Å². The number of furan rings is 1. The van der Waals surface area contributed by atoms with Gasteiger partial charge in [0, 0.05) is 17.7 Å². The number of rotatable bonds is 3. The summed E-state index contributed by atoms with van der Waals surface area (Å²) in [6.07, 6.45) is 2.79. The molecule has 1 aromatic carbocycles. The van der Waals surface area contributed by atoms with Gasteiger partial charge in [0.15, 0.2) is 5.76 Å². The molecule has 4 rings (SSSR count). The number of hydrogen-bond acceptors (Lipinski definition) is 6. The summed E-state index contributed by atoms with van der Waals surface area (Å²) in [6.45, 7) is 0.534. The number of benzene rings is 1. The Balaban J connectivity index is 1.56. The number of amides is 2. The number of nitrogens with zero attached hydrogens (tertiary/aromatic N) is 3. The van der Waals surface area contributed by atoms with Gasteiger partial charge in [-0.25, -0.2) is 0 Å². The van der Waals surface area contributed by atoms with Crippen LogP contribution in [0.1, 0.15) is 23.4 Å². The summed E-state index contributed by atoms with van der Waals surface area (Å²) in [4.78, 5) is 29.2. The van der Waals surface area contributed by atoms with Crippen LogP contribution in [0.25, 0.3) is 11.0 Å². The van der Waals surface area contributed by atoms with E-state index in [1.807, 2.05) is 24.3 Å². The summed E-state index contributed by atoms with van der Waals surface area (Å²) in [5.74, 6) is 1.15. The van der Waals surface area contributed by atoms with Gasteiger partial charge < -0.3 is 19.4 Å². The fourth-order valence-corrected chi connectivity index (χ4v) is 4.70. The summed E-state index contributed by atoms with van der Waals surface area (Å²) in [5.41, 5.74) is 0.660. The molecule has 0 unspecified atom stereocenters. The summed E-state index contributed by atoms with van der Waals surface area (Å²) in [7, 11) is 0. The molecular formula is C18H19N3O4S. The summed E-state index contributed by atoms with van der Waals surface area (Å²) in [6, 6.07) is 8.45. The van der Waals surface area contributed by atoms with Crippen molar-refractivity contribution in [3.63, 3.8) is 0 Å². The number of thioether (sulfide) groups is 1. The lowest BCUT2D eigenvalue weighted by molar-refractivity contribution is -0.134. The van der Waals surface area contributed by atoms with Gasteiger partial charge in [0.2, 0.25) is 5.91 Å². The summed E-state index contributed by atoms with van der Waals surface area (Å²) < 4.78 is 5.68. The van der Waals surface area contributed by atoms with E-state index in [1.54, 1.807) is 27.6 Å². The van der Waals surface area contributed by atoms with Crippen LogP contribution in [-0.4, -0.2) is 63.3 Å². The largest absolute Gasteiger partial charge is 0.451 e. The maximum Gasteiger partial charge on any atom is 0.290 e. The molecule has 1 aromatic heterocycles. The van der Waals surface area contributed by atoms with Crippen molar-refractivity contribution >= 4 is 40.8 Å². The molecule has 0 spiro atoms. The van der Waals surface area contributed by atoms with Gasteiger partial charge in [-0.05, 0) is 25.0 Å². The maximum absolute atomic E-state index is 13.0. The van der Waals surface area contributed by atoms with Crippen molar-refractivity contribution in [3.05, 3.63) is 36.1 Å². The highest BCUT2D eigenvalue weighted by Crippen LogP contribution is 2.28. The molecule has 0 bridgehead atoms. The van der Waals surface area contributed by atoms with Crippen LogP contribution >= 0.6 is 11.8 Å². The number of oxime groups is 1. The molecule has 2 saturated heterocycles. The highest BCUT2D eigenvalue weighted by molar-refractivity contribution is 7.99. The first-order valence-corrected chi connectivity index (χ1v) is 9.70.